The molecule has 0 aliphatic carbocycles. The summed E-state index contributed by atoms with van der Waals surface area (Å²) in [6, 6.07) is 21.8. The highest BCUT2D eigenvalue weighted by Gasteiger charge is 2.37. The van der Waals surface area contributed by atoms with Gasteiger partial charge in [-0.05, 0) is 50.3 Å². The number of ether oxygens (including phenoxy) is 2. The van der Waals surface area contributed by atoms with Gasteiger partial charge in [0.1, 0.15) is 17.8 Å². The maximum absolute atomic E-state index is 13.5. The van der Waals surface area contributed by atoms with Crippen molar-refractivity contribution in [2.75, 3.05) is 6.61 Å². The second kappa shape index (κ2) is 22.5. The fourth-order valence-electron chi connectivity index (χ4n) is 5.89. The molecule has 0 radical (unpaired) electrons. The van der Waals surface area contributed by atoms with Crippen LogP contribution in [0.5, 0.6) is 0 Å². The van der Waals surface area contributed by atoms with Gasteiger partial charge in [-0.15, -0.1) is 0 Å². The van der Waals surface area contributed by atoms with E-state index >= 15 is 0 Å². The molecule has 0 spiro atoms. The summed E-state index contributed by atoms with van der Waals surface area (Å²) in [4.78, 5) is 64.8. The van der Waals surface area contributed by atoms with Gasteiger partial charge in [0.05, 0.1) is 37.2 Å². The Labute approximate surface area is 333 Å². The molecule has 0 unspecified atom stereocenters. The van der Waals surface area contributed by atoms with Gasteiger partial charge >= 0.3 is 12.1 Å². The summed E-state index contributed by atoms with van der Waals surface area (Å²) < 4.78 is 11.2. The van der Waals surface area contributed by atoms with E-state index in [-0.39, 0.29) is 25.0 Å². The summed E-state index contributed by atoms with van der Waals surface area (Å²) in [7, 11) is 0. The second-order valence-corrected chi connectivity index (χ2v) is 14.7. The zero-order valence-electron chi connectivity index (χ0n) is 32.7. The molecule has 0 aromatic heterocycles. The minimum absolute atomic E-state index is 0.163. The van der Waals surface area contributed by atoms with Crippen LogP contribution < -0.4 is 21.7 Å². The highest BCUT2D eigenvalue weighted by molar-refractivity contribution is 5.88. The lowest BCUT2D eigenvalue weighted by molar-refractivity contribution is -0.149. The van der Waals surface area contributed by atoms with Gasteiger partial charge in [-0.25, -0.2) is 4.79 Å². The van der Waals surface area contributed by atoms with Crippen LogP contribution in [0.2, 0.25) is 0 Å². The van der Waals surface area contributed by atoms with Gasteiger partial charge in [0.25, 0.3) is 5.91 Å². The van der Waals surface area contributed by atoms with Crippen molar-refractivity contribution < 1.29 is 53.9 Å². The highest BCUT2D eigenvalue weighted by Crippen LogP contribution is 2.28. The van der Waals surface area contributed by atoms with Crippen LogP contribution >= 0.6 is 0 Å². The van der Waals surface area contributed by atoms with Crippen molar-refractivity contribution in [1.82, 2.24) is 16.0 Å². The predicted molar refractivity (Wildman–Crippen MR) is 210 cm³/mol. The van der Waals surface area contributed by atoms with Crippen molar-refractivity contribution in [2.45, 2.75) is 114 Å². The third-order valence-corrected chi connectivity index (χ3v) is 8.92. The number of hydrogen-bond acceptors (Lipinski definition) is 12. The average molecular weight is 793 g/mol. The van der Waals surface area contributed by atoms with Crippen LogP contribution in [0.1, 0.15) is 88.6 Å². The minimum atomic E-state index is -2.28. The minimum Gasteiger partial charge on any atom is -0.452 e. The number of amides is 3. The van der Waals surface area contributed by atoms with E-state index in [9.17, 15) is 44.4 Å². The van der Waals surface area contributed by atoms with Gasteiger partial charge in [0.15, 0.2) is 18.0 Å². The maximum atomic E-state index is 13.5. The molecular weight excluding hydrogens is 736 g/mol. The van der Waals surface area contributed by atoms with Gasteiger partial charge in [0, 0.05) is 6.42 Å². The van der Waals surface area contributed by atoms with Crippen molar-refractivity contribution in [2.24, 2.45) is 5.73 Å². The molecule has 0 bridgehead atoms. The van der Waals surface area contributed by atoms with E-state index in [1.165, 1.54) is 0 Å². The van der Waals surface area contributed by atoms with Crippen LogP contribution in [0.3, 0.4) is 0 Å². The predicted octanol–water partition coefficient (Wildman–Crippen LogP) is 2.50. The Morgan fingerprint density at radius 2 is 1.25 bits per heavy atom. The number of carbonyl (C=O) groups is 5. The molecule has 3 rings (SSSR count). The third-order valence-electron chi connectivity index (χ3n) is 8.92. The van der Waals surface area contributed by atoms with Gasteiger partial charge in [-0.1, -0.05) is 104 Å². The number of rotatable bonds is 21. The van der Waals surface area contributed by atoms with Crippen LogP contribution in [-0.2, 0) is 28.7 Å². The lowest BCUT2D eigenvalue weighted by Crippen LogP contribution is -2.58. The van der Waals surface area contributed by atoms with Crippen molar-refractivity contribution in [1.29, 1.82) is 0 Å². The lowest BCUT2D eigenvalue weighted by Gasteiger charge is -2.30. The van der Waals surface area contributed by atoms with Crippen LogP contribution in [0.4, 0.5) is 4.79 Å². The zero-order valence-corrected chi connectivity index (χ0v) is 32.7. The Morgan fingerprint density at radius 3 is 1.74 bits per heavy atom. The Bertz CT molecular complexity index is 1680. The Hall–Kier alpha value is -5.19. The molecule has 15 nitrogen and oxygen atoms in total. The maximum Gasteiger partial charge on any atom is 0.408 e. The molecule has 310 valence electrons. The summed E-state index contributed by atoms with van der Waals surface area (Å²) >= 11 is 0. The number of esters is 1. The van der Waals surface area contributed by atoms with E-state index in [1.807, 2.05) is 67.6 Å². The van der Waals surface area contributed by atoms with E-state index in [0.29, 0.717) is 18.4 Å². The molecule has 3 aromatic carbocycles. The molecule has 3 aromatic rings. The molecule has 0 saturated carbocycles. The Morgan fingerprint density at radius 1 is 0.719 bits per heavy atom. The van der Waals surface area contributed by atoms with Gasteiger partial charge < -0.3 is 51.6 Å². The van der Waals surface area contributed by atoms with E-state index in [0.717, 1.165) is 11.1 Å². The number of nitrogens with two attached hydrogens (primary N) is 1. The molecule has 0 fully saturated rings. The van der Waals surface area contributed by atoms with Gasteiger partial charge in [-0.3, -0.25) is 19.2 Å². The summed E-state index contributed by atoms with van der Waals surface area (Å²) in [6.07, 6.45) is -7.93. The average Bonchev–Trinajstić information content (AvgIpc) is 3.19. The van der Waals surface area contributed by atoms with Crippen molar-refractivity contribution in [3.8, 4) is 0 Å². The van der Waals surface area contributed by atoms with Crippen LogP contribution in [0, 0.1) is 0 Å². The quantitative estimate of drug-likeness (QED) is 0.0726. The smallest absolute Gasteiger partial charge is 0.408 e. The normalized spacial score (nSPS) is 15.2. The molecule has 57 heavy (non-hydrogen) atoms. The third kappa shape index (κ3) is 15.0. The number of benzene rings is 3. The number of aliphatic hydroxyl groups is 4. The molecule has 9 N–H and O–H groups in total. The first kappa shape index (κ1) is 46.2. The molecule has 7 atom stereocenters. The van der Waals surface area contributed by atoms with Crippen LogP contribution in [0.25, 0.3) is 0 Å². The number of ketones is 1. The van der Waals surface area contributed by atoms with Crippen LogP contribution in [0.15, 0.2) is 91.0 Å². The van der Waals surface area contributed by atoms with E-state index in [1.54, 1.807) is 51.1 Å². The lowest BCUT2D eigenvalue weighted by atomic mass is 9.98. The first-order chi connectivity index (χ1) is 27.0. The van der Waals surface area contributed by atoms with Crippen molar-refractivity contribution >= 4 is 29.7 Å². The van der Waals surface area contributed by atoms with Gasteiger partial charge in [0.2, 0.25) is 5.91 Å². The monoisotopic (exact) mass is 792 g/mol. The summed E-state index contributed by atoms with van der Waals surface area (Å²) in [5.74, 6) is -3.13. The summed E-state index contributed by atoms with van der Waals surface area (Å²) in [5.41, 5.74) is 7.15. The Kier molecular flexibility index (Phi) is 18.3. The molecular formula is C42H56N4O11. The number of carbonyl (C=O) groups excluding carboxylic acids is 5. The number of hydrogen-bond donors (Lipinski definition) is 8. The number of aliphatic hydroxyl groups excluding tert-OH is 4. The largest absolute Gasteiger partial charge is 0.452 e. The van der Waals surface area contributed by atoms with Crippen molar-refractivity contribution in [3.63, 3.8) is 0 Å². The highest BCUT2D eigenvalue weighted by atomic mass is 16.6. The van der Waals surface area contributed by atoms with Crippen LogP contribution in [-0.4, -0.2) is 98.7 Å². The van der Waals surface area contributed by atoms with E-state index in [2.05, 4.69) is 16.0 Å². The number of nitrogens with one attached hydrogen (secondary N) is 3. The topological polar surface area (TPSA) is 247 Å². The van der Waals surface area contributed by atoms with E-state index < -0.39 is 84.7 Å². The molecule has 0 saturated heterocycles. The fourth-order valence-corrected chi connectivity index (χ4v) is 5.89. The van der Waals surface area contributed by atoms with Crippen molar-refractivity contribution in [3.05, 3.63) is 108 Å². The molecule has 0 aliphatic rings. The van der Waals surface area contributed by atoms with Gasteiger partial charge in [-0.2, -0.15) is 0 Å². The summed E-state index contributed by atoms with van der Waals surface area (Å²) in [5, 5.41) is 49.9. The number of alkyl carbamates (subject to hydrolysis) is 1. The standard InChI is InChI=1S/C42H56N4O11/c1-5-15-30(46-41(55)57-42(2,3)4)33(48)23-22-29(43)39(53)45-32(25-47)35(50)36(51)37(52)40(54)44-31(26-16-9-6-10-17-26)24-34(49)56-38(27-18-11-7-12-19-27)28-20-13-8-14-21-28/h6-14,16-21,29-32,35-38,47,50-52H,5,15,22-25,43H2,1-4H3,(H,44,54)(H,45,53)(H,46,55)/t29-,30-,31-,32-,35+,36+,37-/m0/s1. The SMILES string of the molecule is CCC[C@H](NC(=O)OC(C)(C)C)C(=O)CC[C@H](N)C(=O)N[C@@H](CO)[C@@H](O)[C@@H](O)[C@H](O)C(=O)N[C@@H](CC(=O)OC(c1ccccc1)c1ccccc1)c1ccccc1. The molecule has 0 heterocycles. The molecule has 0 aliphatic heterocycles. The molecule has 15 heteroatoms. The number of Topliss-reactive ketones (excluding diaryl/α,β-unsaturated/α-hetero) is 1. The molecule has 3 amide bonds. The Balaban J connectivity index is 1.63. The first-order valence-electron chi connectivity index (χ1n) is 18.9. The second-order valence-electron chi connectivity index (χ2n) is 14.7. The summed E-state index contributed by atoms with van der Waals surface area (Å²) in [6.45, 7) is 5.96. The zero-order chi connectivity index (χ0) is 42.1. The fraction of sp³-hybridized carbons (Fsp3) is 0.452. The van der Waals surface area contributed by atoms with E-state index in [4.69, 9.17) is 15.2 Å². The first-order valence-corrected chi connectivity index (χ1v) is 18.9.